The van der Waals surface area contributed by atoms with Gasteiger partial charge in [-0.15, -0.1) is 0 Å². The third kappa shape index (κ3) is 3.31. The minimum Gasteiger partial charge on any atom is -0.361 e. The summed E-state index contributed by atoms with van der Waals surface area (Å²) in [6.45, 7) is 8.69. The van der Waals surface area contributed by atoms with E-state index in [1.165, 1.54) is 49.9 Å². The molecule has 2 aliphatic heterocycles. The van der Waals surface area contributed by atoms with E-state index in [1.807, 2.05) is 20.0 Å². The molecule has 2 aliphatic rings. The molecule has 3 aromatic heterocycles. The second kappa shape index (κ2) is 7.44. The fraction of sp³-hybridized carbons (Fsp3) is 0.571. The molecule has 0 bridgehead atoms. The number of anilines is 1. The molecule has 0 amide bonds. The maximum Gasteiger partial charge on any atom is 0.186 e. The van der Waals surface area contributed by atoms with Gasteiger partial charge < -0.3 is 14.3 Å². The summed E-state index contributed by atoms with van der Waals surface area (Å²) in [4.78, 5) is 14.7. The number of thiazole rings is 1. The van der Waals surface area contributed by atoms with Crippen LogP contribution in [0.15, 0.2) is 16.8 Å². The predicted molar refractivity (Wildman–Crippen MR) is 113 cm³/mol. The Morgan fingerprint density at radius 2 is 1.86 bits per heavy atom. The standard InChI is InChI=1S/C21H27N5OS/c1-14-20(15(2)27-24-14)17-12-19-18(13-22-17)23-21(28-19)26-10-6-16(7-11-26)25-8-4-3-5-9-25/h12-13,16H,3-11H2,1-2H3. The van der Waals surface area contributed by atoms with E-state index < -0.39 is 0 Å². The maximum atomic E-state index is 5.31. The van der Waals surface area contributed by atoms with Gasteiger partial charge in [0.1, 0.15) is 11.3 Å². The Bertz CT molecular complexity index is 947. The Kier molecular flexibility index (Phi) is 4.80. The molecule has 0 atom stereocenters. The van der Waals surface area contributed by atoms with Gasteiger partial charge in [0.25, 0.3) is 0 Å². The summed E-state index contributed by atoms with van der Waals surface area (Å²) >= 11 is 1.77. The van der Waals surface area contributed by atoms with Crippen molar-refractivity contribution in [3.05, 3.63) is 23.7 Å². The zero-order valence-corrected chi connectivity index (χ0v) is 17.5. The number of nitrogens with zero attached hydrogens (tertiary/aromatic N) is 5. The number of piperidine rings is 2. The summed E-state index contributed by atoms with van der Waals surface area (Å²) in [5, 5.41) is 5.19. The highest BCUT2D eigenvalue weighted by molar-refractivity contribution is 7.22. The SMILES string of the molecule is Cc1noc(C)c1-c1cc2sc(N3CCC(N4CCCCC4)CC3)nc2cn1. The smallest absolute Gasteiger partial charge is 0.186 e. The molecule has 0 unspecified atom stereocenters. The lowest BCUT2D eigenvalue weighted by Gasteiger charge is -2.40. The third-order valence-corrected chi connectivity index (χ3v) is 7.27. The Morgan fingerprint density at radius 3 is 2.57 bits per heavy atom. The molecular formula is C21H27N5OS. The Balaban J connectivity index is 1.33. The monoisotopic (exact) mass is 397 g/mol. The van der Waals surface area contributed by atoms with Crippen LogP contribution < -0.4 is 4.90 Å². The van der Waals surface area contributed by atoms with Crippen LogP contribution in [0.1, 0.15) is 43.6 Å². The van der Waals surface area contributed by atoms with Gasteiger partial charge in [-0.1, -0.05) is 22.9 Å². The van der Waals surface area contributed by atoms with Crippen LogP contribution in [0.5, 0.6) is 0 Å². The summed E-state index contributed by atoms with van der Waals surface area (Å²) in [5.41, 5.74) is 3.78. The van der Waals surface area contributed by atoms with Crippen LogP contribution in [0.2, 0.25) is 0 Å². The molecule has 148 valence electrons. The Morgan fingerprint density at radius 1 is 1.07 bits per heavy atom. The first kappa shape index (κ1) is 18.1. The minimum atomic E-state index is 0.763. The molecule has 3 aromatic rings. The second-order valence-corrected chi connectivity index (χ2v) is 9.06. The van der Waals surface area contributed by atoms with Gasteiger partial charge in [0.05, 0.1) is 27.8 Å². The molecule has 0 N–H and O–H groups in total. The van der Waals surface area contributed by atoms with Crippen molar-refractivity contribution in [3.8, 4) is 11.3 Å². The average Bonchev–Trinajstić information content (AvgIpc) is 3.31. The zero-order valence-electron chi connectivity index (χ0n) is 16.6. The molecule has 5 rings (SSSR count). The van der Waals surface area contributed by atoms with Gasteiger partial charge >= 0.3 is 0 Å². The van der Waals surface area contributed by atoms with E-state index in [9.17, 15) is 0 Å². The molecule has 0 aromatic carbocycles. The van der Waals surface area contributed by atoms with E-state index >= 15 is 0 Å². The maximum absolute atomic E-state index is 5.31. The van der Waals surface area contributed by atoms with E-state index in [2.05, 4.69) is 26.0 Å². The van der Waals surface area contributed by atoms with Gasteiger partial charge in [0, 0.05) is 19.1 Å². The van der Waals surface area contributed by atoms with Crippen molar-refractivity contribution in [2.45, 2.75) is 52.0 Å². The summed E-state index contributed by atoms with van der Waals surface area (Å²) in [5.74, 6) is 0.814. The molecule has 28 heavy (non-hydrogen) atoms. The quantitative estimate of drug-likeness (QED) is 0.652. The number of hydrogen-bond donors (Lipinski definition) is 0. The van der Waals surface area contributed by atoms with Crippen molar-refractivity contribution >= 4 is 26.7 Å². The number of hydrogen-bond acceptors (Lipinski definition) is 7. The van der Waals surface area contributed by atoms with Crippen LogP contribution in [-0.2, 0) is 0 Å². The Hall–Kier alpha value is -1.99. The van der Waals surface area contributed by atoms with E-state index in [0.717, 1.165) is 52.5 Å². The first-order valence-corrected chi connectivity index (χ1v) is 11.2. The molecule has 0 saturated carbocycles. The highest BCUT2D eigenvalue weighted by atomic mass is 32.1. The van der Waals surface area contributed by atoms with Crippen molar-refractivity contribution in [1.29, 1.82) is 0 Å². The van der Waals surface area contributed by atoms with Crippen molar-refractivity contribution < 1.29 is 4.52 Å². The molecule has 6 nitrogen and oxygen atoms in total. The molecule has 2 saturated heterocycles. The minimum absolute atomic E-state index is 0.763. The van der Waals surface area contributed by atoms with Crippen molar-refractivity contribution in [3.63, 3.8) is 0 Å². The van der Waals surface area contributed by atoms with Crippen LogP contribution in [-0.4, -0.2) is 52.2 Å². The van der Waals surface area contributed by atoms with Gasteiger partial charge in [-0.25, -0.2) is 4.98 Å². The number of fused-ring (bicyclic) bond motifs is 1. The van der Waals surface area contributed by atoms with Gasteiger partial charge in [0.2, 0.25) is 0 Å². The molecule has 0 aliphatic carbocycles. The van der Waals surface area contributed by atoms with Crippen molar-refractivity contribution in [2.24, 2.45) is 0 Å². The van der Waals surface area contributed by atoms with Crippen LogP contribution in [0.3, 0.4) is 0 Å². The first-order valence-electron chi connectivity index (χ1n) is 10.4. The zero-order chi connectivity index (χ0) is 19.1. The summed E-state index contributed by atoms with van der Waals surface area (Å²) in [6, 6.07) is 2.89. The number of likely N-dealkylation sites (tertiary alicyclic amines) is 1. The topological polar surface area (TPSA) is 58.3 Å². The fourth-order valence-electron chi connectivity index (χ4n) is 4.65. The lowest BCUT2D eigenvalue weighted by Crippen LogP contribution is -2.46. The van der Waals surface area contributed by atoms with E-state index in [1.54, 1.807) is 11.3 Å². The highest BCUT2D eigenvalue weighted by Crippen LogP contribution is 2.34. The largest absolute Gasteiger partial charge is 0.361 e. The van der Waals surface area contributed by atoms with Crippen molar-refractivity contribution in [2.75, 3.05) is 31.1 Å². The molecule has 7 heteroatoms. The summed E-state index contributed by atoms with van der Waals surface area (Å²) in [7, 11) is 0. The van der Waals surface area contributed by atoms with Crippen molar-refractivity contribution in [1.82, 2.24) is 20.0 Å². The van der Waals surface area contributed by atoms with E-state index in [4.69, 9.17) is 9.51 Å². The van der Waals surface area contributed by atoms with Crippen LogP contribution >= 0.6 is 11.3 Å². The lowest BCUT2D eigenvalue weighted by atomic mass is 10.0. The summed E-state index contributed by atoms with van der Waals surface area (Å²) in [6.07, 6.45) is 8.54. The first-order chi connectivity index (χ1) is 13.7. The van der Waals surface area contributed by atoms with Crippen LogP contribution in [0, 0.1) is 13.8 Å². The van der Waals surface area contributed by atoms with E-state index in [0.29, 0.717) is 0 Å². The predicted octanol–water partition coefficient (Wildman–Crippen LogP) is 4.42. The fourth-order valence-corrected chi connectivity index (χ4v) is 5.67. The average molecular weight is 398 g/mol. The molecule has 0 radical (unpaired) electrons. The Labute approximate surface area is 169 Å². The number of rotatable bonds is 3. The third-order valence-electron chi connectivity index (χ3n) is 6.20. The summed E-state index contributed by atoms with van der Waals surface area (Å²) < 4.78 is 6.49. The lowest BCUT2D eigenvalue weighted by molar-refractivity contribution is 0.141. The highest BCUT2D eigenvalue weighted by Gasteiger charge is 2.27. The number of aromatic nitrogens is 3. The second-order valence-electron chi connectivity index (χ2n) is 8.05. The van der Waals surface area contributed by atoms with Gasteiger partial charge in [-0.3, -0.25) is 4.98 Å². The molecular weight excluding hydrogens is 370 g/mol. The van der Waals surface area contributed by atoms with E-state index in [-0.39, 0.29) is 0 Å². The van der Waals surface area contributed by atoms with Crippen LogP contribution in [0.25, 0.3) is 21.5 Å². The molecule has 0 spiro atoms. The normalized spacial score (nSPS) is 19.6. The van der Waals surface area contributed by atoms with Gasteiger partial charge in [-0.05, 0) is 58.7 Å². The molecule has 2 fully saturated rings. The van der Waals surface area contributed by atoms with Gasteiger partial charge in [-0.2, -0.15) is 0 Å². The van der Waals surface area contributed by atoms with Gasteiger partial charge in [0.15, 0.2) is 5.13 Å². The molecule has 5 heterocycles. The number of aryl methyl sites for hydroxylation is 2. The number of pyridine rings is 1. The van der Waals surface area contributed by atoms with Crippen LogP contribution in [0.4, 0.5) is 5.13 Å².